The van der Waals surface area contributed by atoms with Crippen molar-refractivity contribution in [3.05, 3.63) is 54.1 Å². The van der Waals surface area contributed by atoms with E-state index in [1.807, 2.05) is 0 Å². The summed E-state index contributed by atoms with van der Waals surface area (Å²) in [6.07, 6.45) is 0.826. The summed E-state index contributed by atoms with van der Waals surface area (Å²) in [5, 5.41) is 9.29. The van der Waals surface area contributed by atoms with Crippen LogP contribution in [0.5, 0.6) is 11.5 Å². The van der Waals surface area contributed by atoms with E-state index in [0.717, 1.165) is 0 Å². The molecule has 1 aromatic carbocycles. The van der Waals surface area contributed by atoms with Gasteiger partial charge in [0.05, 0.1) is 18.0 Å². The third kappa shape index (κ3) is 2.79. The quantitative estimate of drug-likeness (QED) is 0.885. The van der Waals surface area contributed by atoms with E-state index >= 15 is 0 Å². The summed E-state index contributed by atoms with van der Waals surface area (Å²) < 4.78 is 18.6. The van der Waals surface area contributed by atoms with Gasteiger partial charge in [-0.15, -0.1) is 0 Å². The zero-order valence-electron chi connectivity index (χ0n) is 9.30. The fraction of sp³-hybridized carbons (Fsp3) is 0.154. The Balaban J connectivity index is 2.17. The van der Waals surface area contributed by atoms with Gasteiger partial charge in [0.15, 0.2) is 11.6 Å². The lowest BCUT2D eigenvalue weighted by Gasteiger charge is -2.07. The molecule has 0 bridgehead atoms. The molecule has 2 rings (SSSR count). The van der Waals surface area contributed by atoms with E-state index in [1.165, 1.54) is 18.3 Å². The summed E-state index contributed by atoms with van der Waals surface area (Å²) >= 11 is 0. The fourth-order valence-electron chi connectivity index (χ4n) is 1.35. The van der Waals surface area contributed by atoms with Crippen LogP contribution in [0.3, 0.4) is 0 Å². The maximum atomic E-state index is 13.3. The number of hydrogen-bond acceptors (Lipinski definition) is 3. The lowest BCUT2D eigenvalue weighted by atomic mass is 10.2. The standard InChI is InChI=1S/C13H12FNO2/c1-9(16)12-7-6-10(8-15-12)17-13-5-3-2-4-11(13)14/h2-9,16H,1H3. The SMILES string of the molecule is CC(O)c1ccc(Oc2ccccc2F)cn1. The van der Waals surface area contributed by atoms with Crippen molar-refractivity contribution in [2.24, 2.45) is 0 Å². The molecule has 88 valence electrons. The van der Waals surface area contributed by atoms with E-state index in [-0.39, 0.29) is 5.75 Å². The normalized spacial score (nSPS) is 12.2. The molecule has 0 aliphatic carbocycles. The second-order valence-electron chi connectivity index (χ2n) is 3.63. The molecule has 0 radical (unpaired) electrons. The van der Waals surface area contributed by atoms with Gasteiger partial charge >= 0.3 is 0 Å². The molecule has 1 heterocycles. The summed E-state index contributed by atoms with van der Waals surface area (Å²) in [5.74, 6) is 0.158. The van der Waals surface area contributed by atoms with Crippen LogP contribution in [-0.4, -0.2) is 10.1 Å². The highest BCUT2D eigenvalue weighted by atomic mass is 19.1. The Labute approximate surface area is 98.5 Å². The van der Waals surface area contributed by atoms with Crippen molar-refractivity contribution in [1.29, 1.82) is 0 Å². The average molecular weight is 233 g/mol. The van der Waals surface area contributed by atoms with Gasteiger partial charge in [-0.1, -0.05) is 12.1 Å². The van der Waals surface area contributed by atoms with E-state index in [9.17, 15) is 9.50 Å². The topological polar surface area (TPSA) is 42.4 Å². The smallest absolute Gasteiger partial charge is 0.165 e. The predicted molar refractivity (Wildman–Crippen MR) is 61.3 cm³/mol. The van der Waals surface area contributed by atoms with E-state index in [4.69, 9.17) is 4.74 Å². The van der Waals surface area contributed by atoms with Gasteiger partial charge in [-0.2, -0.15) is 0 Å². The largest absolute Gasteiger partial charge is 0.453 e. The second-order valence-corrected chi connectivity index (χ2v) is 3.63. The summed E-state index contributed by atoms with van der Waals surface area (Å²) in [7, 11) is 0. The average Bonchev–Trinajstić information content (AvgIpc) is 2.33. The van der Waals surface area contributed by atoms with Crippen LogP contribution < -0.4 is 4.74 Å². The Morgan fingerprint density at radius 1 is 1.24 bits per heavy atom. The van der Waals surface area contributed by atoms with Crippen LogP contribution in [0.1, 0.15) is 18.7 Å². The van der Waals surface area contributed by atoms with Gasteiger partial charge in [-0.3, -0.25) is 4.98 Å². The van der Waals surface area contributed by atoms with Crippen LogP contribution in [0.2, 0.25) is 0 Å². The van der Waals surface area contributed by atoms with Gasteiger partial charge in [0, 0.05) is 0 Å². The Morgan fingerprint density at radius 2 is 2.00 bits per heavy atom. The molecule has 0 saturated heterocycles. The summed E-state index contributed by atoms with van der Waals surface area (Å²) in [6, 6.07) is 9.43. The first-order valence-electron chi connectivity index (χ1n) is 5.23. The molecule has 0 aliphatic heterocycles. The number of para-hydroxylation sites is 1. The van der Waals surface area contributed by atoms with Crippen LogP contribution in [0, 0.1) is 5.82 Å². The van der Waals surface area contributed by atoms with Crippen molar-refractivity contribution in [2.75, 3.05) is 0 Å². The Morgan fingerprint density at radius 3 is 2.59 bits per heavy atom. The fourth-order valence-corrected chi connectivity index (χ4v) is 1.35. The third-order valence-electron chi connectivity index (χ3n) is 2.25. The first-order chi connectivity index (χ1) is 8.16. The molecule has 0 fully saturated rings. The molecule has 1 N–H and O–H groups in total. The van der Waals surface area contributed by atoms with Crippen molar-refractivity contribution in [2.45, 2.75) is 13.0 Å². The number of aliphatic hydroxyl groups excluding tert-OH is 1. The van der Waals surface area contributed by atoms with Crippen LogP contribution >= 0.6 is 0 Å². The minimum Gasteiger partial charge on any atom is -0.453 e. The lowest BCUT2D eigenvalue weighted by molar-refractivity contribution is 0.194. The highest BCUT2D eigenvalue weighted by Crippen LogP contribution is 2.24. The van der Waals surface area contributed by atoms with Crippen molar-refractivity contribution >= 4 is 0 Å². The first kappa shape index (κ1) is 11.5. The number of aliphatic hydroxyl groups is 1. The Kier molecular flexibility index (Phi) is 3.35. The summed E-state index contributed by atoms with van der Waals surface area (Å²) in [4.78, 5) is 4.01. The van der Waals surface area contributed by atoms with Crippen molar-refractivity contribution in [3.8, 4) is 11.5 Å². The molecule has 0 aliphatic rings. The number of benzene rings is 1. The lowest BCUT2D eigenvalue weighted by Crippen LogP contribution is -1.95. The second kappa shape index (κ2) is 4.93. The van der Waals surface area contributed by atoms with Gasteiger partial charge < -0.3 is 9.84 Å². The maximum absolute atomic E-state index is 13.3. The molecule has 0 saturated carbocycles. The van der Waals surface area contributed by atoms with Gasteiger partial charge in [-0.05, 0) is 31.2 Å². The molecular formula is C13H12FNO2. The minimum absolute atomic E-state index is 0.152. The van der Waals surface area contributed by atoms with Crippen molar-refractivity contribution in [3.63, 3.8) is 0 Å². The predicted octanol–water partition coefficient (Wildman–Crippen LogP) is 3.07. The third-order valence-corrected chi connectivity index (χ3v) is 2.25. The zero-order valence-corrected chi connectivity index (χ0v) is 9.30. The first-order valence-corrected chi connectivity index (χ1v) is 5.23. The van der Waals surface area contributed by atoms with Crippen LogP contribution in [-0.2, 0) is 0 Å². The monoisotopic (exact) mass is 233 g/mol. The van der Waals surface area contributed by atoms with Crippen LogP contribution in [0.4, 0.5) is 4.39 Å². The van der Waals surface area contributed by atoms with Gasteiger partial charge in [0.25, 0.3) is 0 Å². The molecule has 3 nitrogen and oxygen atoms in total. The molecular weight excluding hydrogens is 221 g/mol. The molecule has 0 spiro atoms. The van der Waals surface area contributed by atoms with E-state index in [1.54, 1.807) is 31.2 Å². The zero-order chi connectivity index (χ0) is 12.3. The van der Waals surface area contributed by atoms with Crippen LogP contribution in [0.15, 0.2) is 42.6 Å². The van der Waals surface area contributed by atoms with Gasteiger partial charge in [0.1, 0.15) is 5.75 Å². The Hall–Kier alpha value is -1.94. The molecule has 1 aromatic heterocycles. The minimum atomic E-state index is -0.627. The number of nitrogens with zero attached hydrogens (tertiary/aromatic N) is 1. The van der Waals surface area contributed by atoms with Crippen molar-refractivity contribution < 1.29 is 14.2 Å². The molecule has 4 heteroatoms. The number of rotatable bonds is 3. The van der Waals surface area contributed by atoms with E-state index < -0.39 is 11.9 Å². The van der Waals surface area contributed by atoms with Gasteiger partial charge in [-0.25, -0.2) is 4.39 Å². The highest BCUT2D eigenvalue weighted by molar-refractivity contribution is 5.31. The summed E-state index contributed by atoms with van der Waals surface area (Å²) in [6.45, 7) is 1.62. The number of hydrogen-bond donors (Lipinski definition) is 1. The number of aromatic nitrogens is 1. The number of ether oxygens (including phenoxy) is 1. The van der Waals surface area contributed by atoms with E-state index in [2.05, 4.69) is 4.98 Å². The van der Waals surface area contributed by atoms with E-state index in [0.29, 0.717) is 11.4 Å². The summed E-state index contributed by atoms with van der Waals surface area (Å²) in [5.41, 5.74) is 0.547. The molecule has 17 heavy (non-hydrogen) atoms. The molecule has 1 unspecified atom stereocenters. The molecule has 2 aromatic rings. The van der Waals surface area contributed by atoms with Crippen LogP contribution in [0.25, 0.3) is 0 Å². The number of pyridine rings is 1. The molecule has 1 atom stereocenters. The van der Waals surface area contributed by atoms with Crippen molar-refractivity contribution in [1.82, 2.24) is 4.98 Å². The maximum Gasteiger partial charge on any atom is 0.165 e. The number of halogens is 1. The van der Waals surface area contributed by atoms with Gasteiger partial charge in [0.2, 0.25) is 0 Å². The highest BCUT2D eigenvalue weighted by Gasteiger charge is 2.05. The molecule has 0 amide bonds. The Bertz CT molecular complexity index is 497.